The number of aliphatic carboxylic acids is 1. The van der Waals surface area contributed by atoms with Crippen LogP contribution in [0.5, 0.6) is 0 Å². The van der Waals surface area contributed by atoms with Crippen molar-refractivity contribution in [3.63, 3.8) is 0 Å². The number of nitrogens with one attached hydrogen (secondary N) is 1. The van der Waals surface area contributed by atoms with E-state index in [1.54, 1.807) is 12.4 Å². The molecule has 5 nitrogen and oxygen atoms in total. The number of aromatic amines is 1. The summed E-state index contributed by atoms with van der Waals surface area (Å²) in [4.78, 5) is 29.7. The third kappa shape index (κ3) is 2.48. The molecule has 96 valence electrons. The molecular formula is C12H14N2O3S. The fraction of sp³-hybridized carbons (Fsp3) is 0.417. The van der Waals surface area contributed by atoms with Crippen molar-refractivity contribution in [2.75, 3.05) is 0 Å². The zero-order valence-electron chi connectivity index (χ0n) is 10.1. The van der Waals surface area contributed by atoms with Crippen LogP contribution in [0.4, 0.5) is 0 Å². The lowest BCUT2D eigenvalue weighted by molar-refractivity contribution is -0.138. The lowest BCUT2D eigenvalue weighted by atomic mass is 10.0. The van der Waals surface area contributed by atoms with Crippen molar-refractivity contribution in [2.24, 2.45) is 4.99 Å². The molecule has 0 bridgehead atoms. The minimum absolute atomic E-state index is 0.0615. The molecule has 2 N–H and O–H groups in total. The number of rotatable bonds is 3. The largest absolute Gasteiger partial charge is 0.480 e. The number of carbonyl (C=O) groups is 1. The van der Waals surface area contributed by atoms with Gasteiger partial charge in [-0.05, 0) is 13.8 Å². The van der Waals surface area contributed by atoms with Crippen LogP contribution in [0, 0.1) is 0 Å². The first-order valence-corrected chi connectivity index (χ1v) is 6.36. The second-order valence-electron chi connectivity index (χ2n) is 4.68. The second-order valence-corrected chi connectivity index (χ2v) is 6.41. The highest BCUT2D eigenvalue weighted by atomic mass is 32.2. The van der Waals surface area contributed by atoms with E-state index in [1.165, 1.54) is 17.8 Å². The summed E-state index contributed by atoms with van der Waals surface area (Å²) in [7, 11) is 0. The maximum absolute atomic E-state index is 11.6. The van der Waals surface area contributed by atoms with Crippen molar-refractivity contribution in [1.82, 2.24) is 4.98 Å². The van der Waals surface area contributed by atoms with Crippen LogP contribution in [0.15, 0.2) is 28.2 Å². The SMILES string of the molecule is CC1(C)SC(Cc2c[nH]ccc2=O)=NC1C(=O)O. The zero-order chi connectivity index (χ0) is 13.3. The molecule has 1 aliphatic rings. The van der Waals surface area contributed by atoms with E-state index in [4.69, 9.17) is 5.11 Å². The van der Waals surface area contributed by atoms with E-state index in [0.29, 0.717) is 17.0 Å². The predicted molar refractivity (Wildman–Crippen MR) is 71.3 cm³/mol. The first-order valence-electron chi connectivity index (χ1n) is 5.54. The number of aromatic nitrogens is 1. The van der Waals surface area contributed by atoms with Crippen LogP contribution in [-0.4, -0.2) is 31.9 Å². The fourth-order valence-electron chi connectivity index (χ4n) is 1.87. The van der Waals surface area contributed by atoms with Gasteiger partial charge in [0.15, 0.2) is 11.5 Å². The Balaban J connectivity index is 2.22. The van der Waals surface area contributed by atoms with Gasteiger partial charge < -0.3 is 10.1 Å². The summed E-state index contributed by atoms with van der Waals surface area (Å²) < 4.78 is -0.470. The molecule has 0 saturated heterocycles. The molecule has 1 atom stereocenters. The van der Waals surface area contributed by atoms with Crippen LogP contribution in [0.2, 0.25) is 0 Å². The summed E-state index contributed by atoms with van der Waals surface area (Å²) in [5.74, 6) is -0.926. The lowest BCUT2D eigenvalue weighted by Crippen LogP contribution is -2.34. The van der Waals surface area contributed by atoms with E-state index in [9.17, 15) is 9.59 Å². The third-order valence-corrected chi connectivity index (χ3v) is 4.03. The van der Waals surface area contributed by atoms with E-state index in [-0.39, 0.29) is 5.43 Å². The number of thioether (sulfide) groups is 1. The molecule has 0 amide bonds. The Kier molecular flexibility index (Phi) is 3.30. The highest BCUT2D eigenvalue weighted by molar-refractivity contribution is 8.15. The molecular weight excluding hydrogens is 252 g/mol. The summed E-state index contributed by atoms with van der Waals surface area (Å²) in [5.41, 5.74) is 0.541. The summed E-state index contributed by atoms with van der Waals surface area (Å²) in [5, 5.41) is 9.80. The van der Waals surface area contributed by atoms with Gasteiger partial charge in [0, 0.05) is 35.2 Å². The molecule has 0 saturated carbocycles. The van der Waals surface area contributed by atoms with Crippen molar-refractivity contribution >= 4 is 22.8 Å². The van der Waals surface area contributed by atoms with E-state index in [0.717, 1.165) is 0 Å². The van der Waals surface area contributed by atoms with E-state index < -0.39 is 16.8 Å². The minimum atomic E-state index is -0.926. The summed E-state index contributed by atoms with van der Waals surface area (Å²) in [6, 6.07) is 0.704. The lowest BCUT2D eigenvalue weighted by Gasteiger charge is -2.20. The van der Waals surface area contributed by atoms with Crippen LogP contribution in [0.1, 0.15) is 19.4 Å². The van der Waals surface area contributed by atoms with Gasteiger partial charge in [0.05, 0.1) is 5.04 Å². The molecule has 18 heavy (non-hydrogen) atoms. The first-order chi connectivity index (χ1) is 8.40. The highest BCUT2D eigenvalue weighted by Gasteiger charge is 2.42. The van der Waals surface area contributed by atoms with Crippen LogP contribution in [0.25, 0.3) is 0 Å². The maximum atomic E-state index is 11.6. The van der Waals surface area contributed by atoms with Gasteiger partial charge in [-0.3, -0.25) is 9.79 Å². The van der Waals surface area contributed by atoms with Gasteiger partial charge >= 0.3 is 5.97 Å². The maximum Gasteiger partial charge on any atom is 0.329 e. The van der Waals surface area contributed by atoms with Gasteiger partial charge in [-0.1, -0.05) is 0 Å². The highest BCUT2D eigenvalue weighted by Crippen LogP contribution is 2.38. The smallest absolute Gasteiger partial charge is 0.329 e. The van der Waals surface area contributed by atoms with Crippen LogP contribution < -0.4 is 5.43 Å². The Hall–Kier alpha value is -1.56. The Morgan fingerprint density at radius 2 is 2.33 bits per heavy atom. The van der Waals surface area contributed by atoms with Gasteiger partial charge in [-0.2, -0.15) is 0 Å². The van der Waals surface area contributed by atoms with Crippen LogP contribution >= 0.6 is 11.8 Å². The number of hydrogen-bond donors (Lipinski definition) is 2. The quantitative estimate of drug-likeness (QED) is 0.863. The van der Waals surface area contributed by atoms with Gasteiger partial charge in [0.25, 0.3) is 0 Å². The van der Waals surface area contributed by atoms with Gasteiger partial charge in [0.2, 0.25) is 0 Å². The van der Waals surface area contributed by atoms with Gasteiger partial charge in [-0.15, -0.1) is 11.8 Å². The Bertz CT molecular complexity index is 562. The monoisotopic (exact) mass is 266 g/mol. The zero-order valence-corrected chi connectivity index (χ0v) is 11.0. The molecule has 2 rings (SSSR count). The van der Waals surface area contributed by atoms with Crippen molar-refractivity contribution in [2.45, 2.75) is 31.1 Å². The molecule has 1 unspecified atom stereocenters. The molecule has 1 aromatic rings. The number of hydrogen-bond acceptors (Lipinski definition) is 4. The van der Waals surface area contributed by atoms with Crippen molar-refractivity contribution in [3.05, 3.63) is 34.2 Å². The second kappa shape index (κ2) is 4.61. The van der Waals surface area contributed by atoms with Gasteiger partial charge in [0.1, 0.15) is 0 Å². The Morgan fingerprint density at radius 1 is 1.61 bits per heavy atom. The molecule has 0 aromatic carbocycles. The molecule has 0 aliphatic carbocycles. The van der Waals surface area contributed by atoms with Crippen LogP contribution in [-0.2, 0) is 11.2 Å². The predicted octanol–water partition coefficient (Wildman–Crippen LogP) is 1.29. The number of carboxylic acid groups (broad SMARTS) is 1. The average Bonchev–Trinajstić information content (AvgIpc) is 2.57. The molecule has 2 heterocycles. The number of H-pyrrole nitrogens is 1. The molecule has 0 spiro atoms. The topological polar surface area (TPSA) is 82.5 Å². The number of pyridine rings is 1. The number of carboxylic acids is 1. The Morgan fingerprint density at radius 3 is 2.89 bits per heavy atom. The van der Waals surface area contributed by atoms with Crippen molar-refractivity contribution in [1.29, 1.82) is 0 Å². The average molecular weight is 266 g/mol. The standard InChI is InChI=1S/C12H14N2O3S/c1-12(2)10(11(16)17)14-9(18-12)5-7-6-13-4-3-8(7)15/h3-4,6,10H,5H2,1-2H3,(H,13,15)(H,16,17). The van der Waals surface area contributed by atoms with E-state index >= 15 is 0 Å². The molecule has 1 aliphatic heterocycles. The molecule has 1 aromatic heterocycles. The van der Waals surface area contributed by atoms with Crippen molar-refractivity contribution in [3.8, 4) is 0 Å². The van der Waals surface area contributed by atoms with E-state index in [1.807, 2.05) is 13.8 Å². The normalized spacial score (nSPS) is 21.7. The minimum Gasteiger partial charge on any atom is -0.480 e. The first kappa shape index (κ1) is 12.9. The summed E-state index contributed by atoms with van der Waals surface area (Å²) in [6.45, 7) is 3.70. The fourth-order valence-corrected chi connectivity index (χ4v) is 3.13. The summed E-state index contributed by atoms with van der Waals surface area (Å²) in [6.07, 6.45) is 3.58. The molecule has 6 heteroatoms. The number of nitrogens with zero attached hydrogens (tertiary/aromatic N) is 1. The van der Waals surface area contributed by atoms with E-state index in [2.05, 4.69) is 9.98 Å². The molecule has 0 radical (unpaired) electrons. The van der Waals surface area contributed by atoms with Crippen molar-refractivity contribution < 1.29 is 9.90 Å². The van der Waals surface area contributed by atoms with Crippen LogP contribution in [0.3, 0.4) is 0 Å². The molecule has 0 fully saturated rings. The van der Waals surface area contributed by atoms with Gasteiger partial charge in [-0.25, -0.2) is 4.79 Å². The third-order valence-electron chi connectivity index (χ3n) is 2.79. The number of aliphatic imine (C=N–C) groups is 1. The summed E-state index contributed by atoms with van der Waals surface area (Å²) >= 11 is 1.42. The Labute approximate surface area is 108 Å².